The number of carbonyl (C=O) groups excluding carboxylic acids is 1. The van der Waals surface area contributed by atoms with Crippen LogP contribution in [0.4, 0.5) is 11.5 Å². The summed E-state index contributed by atoms with van der Waals surface area (Å²) in [6.07, 6.45) is 0.650. The minimum absolute atomic E-state index is 0.0528. The molecular weight excluding hydrogens is 426 g/mol. The van der Waals surface area contributed by atoms with Gasteiger partial charge in [-0.15, -0.1) is 11.8 Å². The third-order valence-electron chi connectivity index (χ3n) is 4.75. The normalized spacial score (nSPS) is 10.7. The Morgan fingerprint density at radius 3 is 2.72 bits per heavy atom. The first-order chi connectivity index (χ1) is 15.6. The molecule has 160 valence electrons. The molecule has 2 aromatic heterocycles. The number of amides is 1. The summed E-state index contributed by atoms with van der Waals surface area (Å²) >= 11 is 1.35. The standard InChI is InChI=1S/C23H19N5O3S/c24-14-15-13-17(21(29)26-16-7-2-1-3-8-16)20(25)27-22(15)32-12-6-11-28-18-9-4-5-10-19(18)31-23(28)30/h1-5,7-10,13H,6,11-12H2,(H2,25,27)(H,26,29). The average Bonchev–Trinajstić information content (AvgIpc) is 3.12. The molecule has 0 aliphatic rings. The highest BCUT2D eigenvalue weighted by Gasteiger charge is 2.16. The lowest BCUT2D eigenvalue weighted by atomic mass is 10.2. The van der Waals surface area contributed by atoms with Crippen LogP contribution in [0.15, 0.2) is 74.9 Å². The van der Waals surface area contributed by atoms with E-state index < -0.39 is 11.7 Å². The Balaban J connectivity index is 1.43. The van der Waals surface area contributed by atoms with Crippen molar-refractivity contribution < 1.29 is 9.21 Å². The number of aromatic nitrogens is 2. The van der Waals surface area contributed by atoms with Crippen LogP contribution in [-0.2, 0) is 6.54 Å². The van der Waals surface area contributed by atoms with E-state index in [1.807, 2.05) is 24.3 Å². The van der Waals surface area contributed by atoms with Gasteiger partial charge in [0.25, 0.3) is 5.91 Å². The molecule has 9 heteroatoms. The molecule has 8 nitrogen and oxygen atoms in total. The van der Waals surface area contributed by atoms with Gasteiger partial charge >= 0.3 is 5.76 Å². The number of rotatable bonds is 7. The number of anilines is 2. The molecule has 4 aromatic rings. The van der Waals surface area contributed by atoms with Crippen LogP contribution in [0.1, 0.15) is 22.3 Å². The Labute approximate surface area is 187 Å². The molecule has 3 N–H and O–H groups in total. The number of para-hydroxylation sites is 3. The van der Waals surface area contributed by atoms with E-state index in [-0.39, 0.29) is 16.9 Å². The fourth-order valence-electron chi connectivity index (χ4n) is 3.22. The van der Waals surface area contributed by atoms with Gasteiger partial charge in [0.05, 0.1) is 16.6 Å². The molecule has 2 aromatic carbocycles. The van der Waals surface area contributed by atoms with Crippen molar-refractivity contribution in [1.29, 1.82) is 5.26 Å². The lowest BCUT2D eigenvalue weighted by Crippen LogP contribution is -2.16. The molecule has 0 atom stereocenters. The first-order valence-corrected chi connectivity index (χ1v) is 10.8. The van der Waals surface area contributed by atoms with Crippen LogP contribution in [0.2, 0.25) is 0 Å². The topological polar surface area (TPSA) is 127 Å². The van der Waals surface area contributed by atoms with Crippen LogP contribution in [0.25, 0.3) is 11.1 Å². The van der Waals surface area contributed by atoms with Crippen molar-refractivity contribution in [2.75, 3.05) is 16.8 Å². The molecule has 0 aliphatic carbocycles. The molecular formula is C23H19N5O3S. The van der Waals surface area contributed by atoms with E-state index in [1.165, 1.54) is 17.8 Å². The van der Waals surface area contributed by atoms with Crippen LogP contribution >= 0.6 is 11.8 Å². The number of nitrogens with one attached hydrogen (secondary N) is 1. The lowest BCUT2D eigenvalue weighted by molar-refractivity contribution is 0.102. The number of carbonyl (C=O) groups is 1. The minimum Gasteiger partial charge on any atom is -0.408 e. The lowest BCUT2D eigenvalue weighted by Gasteiger charge is -2.10. The molecule has 1 amide bonds. The number of thioether (sulfide) groups is 1. The second-order valence-corrected chi connectivity index (χ2v) is 7.98. The summed E-state index contributed by atoms with van der Waals surface area (Å²) < 4.78 is 6.82. The Hall–Kier alpha value is -4.03. The molecule has 0 radical (unpaired) electrons. The predicted molar refractivity (Wildman–Crippen MR) is 124 cm³/mol. The third-order valence-corrected chi connectivity index (χ3v) is 5.83. The molecule has 0 unspecified atom stereocenters. The molecule has 0 aliphatic heterocycles. The summed E-state index contributed by atoms with van der Waals surface area (Å²) in [4.78, 5) is 28.9. The third kappa shape index (κ3) is 4.50. The van der Waals surface area contributed by atoms with Gasteiger partial charge in [-0.3, -0.25) is 9.36 Å². The maximum Gasteiger partial charge on any atom is 0.419 e. The van der Waals surface area contributed by atoms with E-state index in [2.05, 4.69) is 16.4 Å². The van der Waals surface area contributed by atoms with Gasteiger partial charge in [-0.25, -0.2) is 9.78 Å². The Bertz CT molecular complexity index is 1370. The monoisotopic (exact) mass is 445 g/mol. The van der Waals surface area contributed by atoms with Crippen molar-refractivity contribution in [3.8, 4) is 6.07 Å². The molecule has 0 saturated carbocycles. The van der Waals surface area contributed by atoms with Crippen molar-refractivity contribution >= 4 is 40.3 Å². The summed E-state index contributed by atoms with van der Waals surface area (Å²) in [6, 6.07) is 19.8. The van der Waals surface area contributed by atoms with Crippen molar-refractivity contribution in [3.05, 3.63) is 82.3 Å². The number of benzene rings is 2. The van der Waals surface area contributed by atoms with Gasteiger partial charge in [-0.05, 0) is 36.8 Å². The van der Waals surface area contributed by atoms with Gasteiger partial charge in [0, 0.05) is 18.0 Å². The summed E-state index contributed by atoms with van der Waals surface area (Å²) in [5, 5.41) is 12.7. The van der Waals surface area contributed by atoms with Crippen molar-refractivity contribution in [1.82, 2.24) is 9.55 Å². The number of fused-ring (bicyclic) bond motifs is 1. The van der Waals surface area contributed by atoms with Gasteiger partial charge in [0.1, 0.15) is 16.9 Å². The van der Waals surface area contributed by atoms with E-state index in [4.69, 9.17) is 10.2 Å². The Kier molecular flexibility index (Phi) is 6.24. The number of aryl methyl sites for hydroxylation is 1. The number of pyridine rings is 1. The minimum atomic E-state index is -0.430. The highest BCUT2D eigenvalue weighted by molar-refractivity contribution is 7.99. The van der Waals surface area contributed by atoms with Crippen molar-refractivity contribution in [2.24, 2.45) is 0 Å². The van der Waals surface area contributed by atoms with E-state index in [1.54, 1.807) is 34.9 Å². The highest BCUT2D eigenvalue weighted by Crippen LogP contribution is 2.25. The zero-order valence-electron chi connectivity index (χ0n) is 16.9. The molecule has 0 fully saturated rings. The first-order valence-electron chi connectivity index (χ1n) is 9.85. The van der Waals surface area contributed by atoms with E-state index in [0.717, 1.165) is 5.52 Å². The van der Waals surface area contributed by atoms with E-state index >= 15 is 0 Å². The molecule has 32 heavy (non-hydrogen) atoms. The number of oxazole rings is 1. The molecule has 4 rings (SSSR count). The van der Waals surface area contributed by atoms with Gasteiger partial charge in [0.2, 0.25) is 0 Å². The zero-order chi connectivity index (χ0) is 22.5. The predicted octanol–water partition coefficient (Wildman–Crippen LogP) is 3.88. The van der Waals surface area contributed by atoms with E-state index in [0.29, 0.717) is 35.0 Å². The van der Waals surface area contributed by atoms with Crippen LogP contribution in [0, 0.1) is 11.3 Å². The Morgan fingerprint density at radius 1 is 1.19 bits per heavy atom. The molecule has 2 heterocycles. The molecule has 0 bridgehead atoms. The second-order valence-electron chi connectivity index (χ2n) is 6.90. The largest absolute Gasteiger partial charge is 0.419 e. The van der Waals surface area contributed by atoms with Gasteiger partial charge in [0.15, 0.2) is 5.58 Å². The van der Waals surface area contributed by atoms with Gasteiger partial charge in [-0.1, -0.05) is 30.3 Å². The number of hydrogen-bond donors (Lipinski definition) is 2. The number of nitrogens with two attached hydrogens (primary N) is 1. The average molecular weight is 446 g/mol. The summed E-state index contributed by atoms with van der Waals surface area (Å²) in [5.74, 6) is -0.176. The fourth-order valence-corrected chi connectivity index (χ4v) is 4.11. The van der Waals surface area contributed by atoms with Crippen LogP contribution in [0.5, 0.6) is 0 Å². The molecule has 0 spiro atoms. The second kappa shape index (κ2) is 9.41. The maximum absolute atomic E-state index is 12.6. The summed E-state index contributed by atoms with van der Waals surface area (Å²) in [7, 11) is 0. The van der Waals surface area contributed by atoms with Crippen LogP contribution in [-0.4, -0.2) is 21.2 Å². The SMILES string of the molecule is N#Cc1cc(C(=O)Nc2ccccc2)c(N)nc1SCCCn1c(=O)oc2ccccc21. The van der Waals surface area contributed by atoms with Gasteiger partial charge in [-0.2, -0.15) is 5.26 Å². The van der Waals surface area contributed by atoms with Crippen LogP contribution in [0.3, 0.4) is 0 Å². The fraction of sp³-hybridized carbons (Fsp3) is 0.130. The zero-order valence-corrected chi connectivity index (χ0v) is 17.8. The number of nitriles is 1. The molecule has 0 saturated heterocycles. The smallest absolute Gasteiger partial charge is 0.408 e. The summed E-state index contributed by atoms with van der Waals surface area (Å²) in [6.45, 7) is 0.470. The number of hydrogen-bond acceptors (Lipinski definition) is 7. The Morgan fingerprint density at radius 2 is 1.94 bits per heavy atom. The van der Waals surface area contributed by atoms with Gasteiger partial charge < -0.3 is 15.5 Å². The highest BCUT2D eigenvalue weighted by atomic mass is 32.2. The summed E-state index contributed by atoms with van der Waals surface area (Å²) in [5.41, 5.74) is 8.35. The van der Waals surface area contributed by atoms with Crippen molar-refractivity contribution in [2.45, 2.75) is 18.0 Å². The van der Waals surface area contributed by atoms with Crippen LogP contribution < -0.4 is 16.8 Å². The quantitative estimate of drug-likeness (QED) is 0.326. The van der Waals surface area contributed by atoms with E-state index in [9.17, 15) is 14.9 Å². The van der Waals surface area contributed by atoms with Crippen molar-refractivity contribution in [3.63, 3.8) is 0 Å². The maximum atomic E-state index is 12.6. The number of nitrogens with zero attached hydrogens (tertiary/aromatic N) is 3. The first kappa shape index (κ1) is 21.2. The number of nitrogen functional groups attached to an aromatic ring is 1.